The molecule has 0 radical (unpaired) electrons. The van der Waals surface area contributed by atoms with Crippen molar-refractivity contribution in [1.29, 1.82) is 0 Å². The molecule has 1 aromatic heterocycles. The number of pyridine rings is 1. The third-order valence-corrected chi connectivity index (χ3v) is 1.97. The summed E-state index contributed by atoms with van der Waals surface area (Å²) in [5.74, 6) is 1.01. The zero-order chi connectivity index (χ0) is 7.84. The van der Waals surface area contributed by atoms with E-state index in [9.17, 15) is 0 Å². The van der Waals surface area contributed by atoms with Gasteiger partial charge >= 0.3 is 0 Å². The minimum absolute atomic E-state index is 0.821. The van der Waals surface area contributed by atoms with Gasteiger partial charge in [0, 0.05) is 17.7 Å². The van der Waals surface area contributed by atoms with Crippen LogP contribution in [0.2, 0.25) is 0 Å². The third kappa shape index (κ3) is 0.985. The number of fused-ring (bicyclic) bond motifs is 1. The van der Waals surface area contributed by atoms with Crippen molar-refractivity contribution in [2.24, 2.45) is 0 Å². The Morgan fingerprint density at radius 2 is 2.27 bits per heavy atom. The molecule has 1 aliphatic heterocycles. The first kappa shape index (κ1) is 6.65. The van der Waals surface area contributed by atoms with Crippen molar-refractivity contribution >= 4 is 0 Å². The summed E-state index contributed by atoms with van der Waals surface area (Å²) >= 11 is 0. The maximum atomic E-state index is 5.42. The standard InChI is InChI=1S/C9H11NO/c1-6-5-8-3-4-11-9(8)7(2)10-6/h5H,3-4H2,1-2H3. The van der Waals surface area contributed by atoms with E-state index in [2.05, 4.69) is 11.1 Å². The first-order valence-corrected chi connectivity index (χ1v) is 3.87. The van der Waals surface area contributed by atoms with Crippen LogP contribution in [0.25, 0.3) is 0 Å². The molecule has 0 bridgehead atoms. The van der Waals surface area contributed by atoms with Crippen LogP contribution in [0.15, 0.2) is 6.07 Å². The van der Waals surface area contributed by atoms with Crippen LogP contribution in [0, 0.1) is 13.8 Å². The molecule has 2 nitrogen and oxygen atoms in total. The fourth-order valence-electron chi connectivity index (χ4n) is 1.54. The molecule has 2 rings (SSSR count). The van der Waals surface area contributed by atoms with E-state index in [-0.39, 0.29) is 0 Å². The van der Waals surface area contributed by atoms with Crippen LogP contribution in [0.1, 0.15) is 17.0 Å². The second-order valence-electron chi connectivity index (χ2n) is 2.94. The van der Waals surface area contributed by atoms with E-state index in [1.807, 2.05) is 13.8 Å². The Labute approximate surface area is 66.2 Å². The summed E-state index contributed by atoms with van der Waals surface area (Å²) in [5.41, 5.74) is 3.43. The lowest BCUT2D eigenvalue weighted by molar-refractivity contribution is 0.353. The van der Waals surface area contributed by atoms with E-state index in [1.165, 1.54) is 5.56 Å². The van der Waals surface area contributed by atoms with Crippen molar-refractivity contribution in [3.05, 3.63) is 23.0 Å². The van der Waals surface area contributed by atoms with E-state index in [0.717, 1.165) is 30.2 Å². The van der Waals surface area contributed by atoms with Crippen molar-refractivity contribution < 1.29 is 4.74 Å². The molecule has 1 aromatic rings. The Bertz CT molecular complexity index is 294. The van der Waals surface area contributed by atoms with E-state index in [4.69, 9.17) is 4.74 Å². The first-order chi connectivity index (χ1) is 5.27. The average Bonchev–Trinajstić information content (AvgIpc) is 2.34. The van der Waals surface area contributed by atoms with Gasteiger partial charge < -0.3 is 4.74 Å². The average molecular weight is 149 g/mol. The lowest BCUT2D eigenvalue weighted by Gasteiger charge is -2.02. The fourth-order valence-corrected chi connectivity index (χ4v) is 1.54. The molecule has 0 saturated carbocycles. The molecule has 0 spiro atoms. The number of hydrogen-bond donors (Lipinski definition) is 0. The smallest absolute Gasteiger partial charge is 0.143 e. The Morgan fingerprint density at radius 1 is 1.45 bits per heavy atom. The molecule has 0 amide bonds. The van der Waals surface area contributed by atoms with Crippen LogP contribution >= 0.6 is 0 Å². The van der Waals surface area contributed by atoms with Gasteiger partial charge in [0.25, 0.3) is 0 Å². The molecule has 0 atom stereocenters. The number of nitrogens with zero attached hydrogens (tertiary/aromatic N) is 1. The first-order valence-electron chi connectivity index (χ1n) is 3.87. The molecular weight excluding hydrogens is 138 g/mol. The minimum atomic E-state index is 0.821. The highest BCUT2D eigenvalue weighted by atomic mass is 16.5. The second-order valence-corrected chi connectivity index (χ2v) is 2.94. The molecule has 0 saturated heterocycles. The molecule has 0 aromatic carbocycles. The minimum Gasteiger partial charge on any atom is -0.491 e. The van der Waals surface area contributed by atoms with Gasteiger partial charge in [0.05, 0.1) is 12.3 Å². The van der Waals surface area contributed by atoms with Crippen LogP contribution in [0.4, 0.5) is 0 Å². The molecule has 1 aliphatic rings. The Kier molecular flexibility index (Phi) is 1.34. The summed E-state index contributed by atoms with van der Waals surface area (Å²) in [4.78, 5) is 4.32. The number of aryl methyl sites for hydroxylation is 2. The Hall–Kier alpha value is -1.05. The quantitative estimate of drug-likeness (QED) is 0.559. The van der Waals surface area contributed by atoms with Crippen LogP contribution in [-0.4, -0.2) is 11.6 Å². The van der Waals surface area contributed by atoms with Gasteiger partial charge in [-0.05, 0) is 19.9 Å². The van der Waals surface area contributed by atoms with Crippen molar-refractivity contribution in [2.45, 2.75) is 20.3 Å². The van der Waals surface area contributed by atoms with E-state index < -0.39 is 0 Å². The molecule has 2 heterocycles. The predicted molar refractivity (Wildman–Crippen MR) is 42.9 cm³/mol. The highest BCUT2D eigenvalue weighted by Gasteiger charge is 2.15. The molecule has 0 unspecified atom stereocenters. The monoisotopic (exact) mass is 149 g/mol. The van der Waals surface area contributed by atoms with Crippen molar-refractivity contribution in [3.63, 3.8) is 0 Å². The van der Waals surface area contributed by atoms with E-state index in [0.29, 0.717) is 0 Å². The van der Waals surface area contributed by atoms with Gasteiger partial charge in [-0.15, -0.1) is 0 Å². The molecule has 0 N–H and O–H groups in total. The lowest BCUT2D eigenvalue weighted by Crippen LogP contribution is -1.91. The number of rotatable bonds is 0. The summed E-state index contributed by atoms with van der Waals surface area (Å²) in [6.45, 7) is 4.84. The van der Waals surface area contributed by atoms with Gasteiger partial charge in [0.2, 0.25) is 0 Å². The zero-order valence-electron chi connectivity index (χ0n) is 6.85. The van der Waals surface area contributed by atoms with Gasteiger partial charge in [0.1, 0.15) is 5.75 Å². The summed E-state index contributed by atoms with van der Waals surface area (Å²) in [6, 6.07) is 2.11. The molecule has 58 valence electrons. The summed E-state index contributed by atoms with van der Waals surface area (Å²) in [6.07, 6.45) is 1.04. The molecule has 11 heavy (non-hydrogen) atoms. The number of ether oxygens (including phenoxy) is 1. The SMILES string of the molecule is Cc1cc2c(c(C)n1)OCC2. The van der Waals surface area contributed by atoms with Crippen molar-refractivity contribution in [2.75, 3.05) is 6.61 Å². The molecular formula is C9H11NO. The van der Waals surface area contributed by atoms with E-state index in [1.54, 1.807) is 0 Å². The topological polar surface area (TPSA) is 22.1 Å². The lowest BCUT2D eigenvalue weighted by atomic mass is 10.1. The molecule has 0 fully saturated rings. The number of hydrogen-bond acceptors (Lipinski definition) is 2. The van der Waals surface area contributed by atoms with Crippen molar-refractivity contribution in [1.82, 2.24) is 4.98 Å². The summed E-state index contributed by atoms with van der Waals surface area (Å²) in [5, 5.41) is 0. The van der Waals surface area contributed by atoms with Crippen LogP contribution in [0.3, 0.4) is 0 Å². The van der Waals surface area contributed by atoms with Gasteiger partial charge in [0.15, 0.2) is 0 Å². The van der Waals surface area contributed by atoms with Gasteiger partial charge in [-0.25, -0.2) is 0 Å². The zero-order valence-corrected chi connectivity index (χ0v) is 6.85. The van der Waals surface area contributed by atoms with Crippen LogP contribution < -0.4 is 4.74 Å². The van der Waals surface area contributed by atoms with Gasteiger partial charge in [-0.1, -0.05) is 0 Å². The highest BCUT2D eigenvalue weighted by molar-refractivity contribution is 5.40. The third-order valence-electron chi connectivity index (χ3n) is 1.97. The molecule has 0 aliphatic carbocycles. The summed E-state index contributed by atoms with van der Waals surface area (Å²) in [7, 11) is 0. The normalized spacial score (nSPS) is 14.4. The maximum absolute atomic E-state index is 5.42. The van der Waals surface area contributed by atoms with Gasteiger partial charge in [-0.3, -0.25) is 4.98 Å². The van der Waals surface area contributed by atoms with E-state index >= 15 is 0 Å². The van der Waals surface area contributed by atoms with Crippen molar-refractivity contribution in [3.8, 4) is 5.75 Å². The largest absolute Gasteiger partial charge is 0.491 e. The fraction of sp³-hybridized carbons (Fsp3) is 0.444. The second kappa shape index (κ2) is 2.22. The Balaban J connectivity index is 2.60. The maximum Gasteiger partial charge on any atom is 0.143 e. The molecule has 2 heteroatoms. The predicted octanol–water partition coefficient (Wildman–Crippen LogP) is 1.63. The highest BCUT2D eigenvalue weighted by Crippen LogP contribution is 2.27. The summed E-state index contributed by atoms with van der Waals surface area (Å²) < 4.78 is 5.42. The van der Waals surface area contributed by atoms with Crippen LogP contribution in [0.5, 0.6) is 5.75 Å². The Morgan fingerprint density at radius 3 is 3.09 bits per heavy atom. The van der Waals surface area contributed by atoms with Gasteiger partial charge in [-0.2, -0.15) is 0 Å². The van der Waals surface area contributed by atoms with Crippen LogP contribution in [-0.2, 0) is 6.42 Å². The number of aromatic nitrogens is 1.